The van der Waals surface area contributed by atoms with Gasteiger partial charge in [-0.15, -0.1) is 0 Å². The molecule has 4 fully saturated rings. The van der Waals surface area contributed by atoms with Crippen LogP contribution in [0.1, 0.15) is 47.5 Å². The van der Waals surface area contributed by atoms with Crippen LogP contribution in [0.4, 0.5) is 0 Å². The summed E-state index contributed by atoms with van der Waals surface area (Å²) in [7, 11) is -3.05. The van der Waals surface area contributed by atoms with E-state index in [9.17, 15) is 0 Å². The summed E-state index contributed by atoms with van der Waals surface area (Å²) in [5, 5.41) is 0. The molecule has 0 aromatic rings. The summed E-state index contributed by atoms with van der Waals surface area (Å²) in [5.41, 5.74) is 0.314. The van der Waals surface area contributed by atoms with E-state index in [2.05, 4.69) is 78.1 Å². The zero-order valence-corrected chi connectivity index (χ0v) is 21.1. The van der Waals surface area contributed by atoms with E-state index in [1.807, 2.05) is 0 Å². The third-order valence-corrected chi connectivity index (χ3v) is 15.2. The summed E-state index contributed by atoms with van der Waals surface area (Å²) in [4.78, 5) is 0. The van der Waals surface area contributed by atoms with Gasteiger partial charge in [0.2, 0.25) is 0 Å². The highest BCUT2D eigenvalue weighted by Crippen LogP contribution is 2.66. The molecular formula is C20H42BNO2Si2. The molecule has 0 spiro atoms. The monoisotopic (exact) mass is 395 g/mol. The van der Waals surface area contributed by atoms with E-state index in [-0.39, 0.29) is 18.8 Å². The van der Waals surface area contributed by atoms with Crippen molar-refractivity contribution in [2.45, 2.75) is 104 Å². The van der Waals surface area contributed by atoms with Gasteiger partial charge in [-0.05, 0) is 42.9 Å². The first kappa shape index (κ1) is 21.1. The van der Waals surface area contributed by atoms with Crippen LogP contribution in [0.3, 0.4) is 0 Å². The molecule has 1 aliphatic heterocycles. The molecule has 0 amide bonds. The molecule has 1 unspecified atom stereocenters. The average molecular weight is 396 g/mol. The van der Waals surface area contributed by atoms with Gasteiger partial charge in [-0.3, -0.25) is 0 Å². The Morgan fingerprint density at radius 1 is 0.962 bits per heavy atom. The molecule has 1 heterocycles. The molecule has 3 saturated carbocycles. The van der Waals surface area contributed by atoms with Gasteiger partial charge in [0.15, 0.2) is 0 Å². The molecule has 4 rings (SSSR count). The first-order valence-corrected chi connectivity index (χ1v) is 17.6. The highest BCUT2D eigenvalue weighted by Gasteiger charge is 2.69. The summed E-state index contributed by atoms with van der Waals surface area (Å²) in [6, 6.07) is 0. The average Bonchev–Trinajstić information content (AvgIpc) is 2.77. The van der Waals surface area contributed by atoms with Gasteiger partial charge in [0, 0.05) is 5.94 Å². The molecule has 0 aromatic carbocycles. The minimum absolute atomic E-state index is 0.0707. The summed E-state index contributed by atoms with van der Waals surface area (Å²) in [5.74, 6) is 2.36. The molecule has 2 bridgehead atoms. The van der Waals surface area contributed by atoms with Gasteiger partial charge in [0.05, 0.1) is 11.7 Å². The molecule has 1 saturated heterocycles. The van der Waals surface area contributed by atoms with Crippen molar-refractivity contribution in [2.24, 2.45) is 23.2 Å². The van der Waals surface area contributed by atoms with Crippen LogP contribution in [0.5, 0.6) is 0 Å². The maximum absolute atomic E-state index is 6.91. The molecule has 150 valence electrons. The number of rotatable bonds is 5. The van der Waals surface area contributed by atoms with E-state index >= 15 is 0 Å². The lowest BCUT2D eigenvalue weighted by atomic mass is 9.43. The zero-order valence-electron chi connectivity index (χ0n) is 19.1. The Labute approximate surface area is 164 Å². The minimum Gasteiger partial charge on any atom is -0.404 e. The summed E-state index contributed by atoms with van der Waals surface area (Å²) >= 11 is 0. The topological polar surface area (TPSA) is 21.7 Å². The summed E-state index contributed by atoms with van der Waals surface area (Å²) < 4.78 is 16.6. The van der Waals surface area contributed by atoms with Crippen molar-refractivity contribution in [2.75, 3.05) is 0 Å². The minimum atomic E-state index is -1.49. The molecule has 3 nitrogen and oxygen atoms in total. The van der Waals surface area contributed by atoms with Crippen LogP contribution in [0.2, 0.25) is 39.3 Å². The van der Waals surface area contributed by atoms with Crippen molar-refractivity contribution in [1.29, 1.82) is 0 Å². The van der Waals surface area contributed by atoms with Crippen molar-refractivity contribution in [3.8, 4) is 0 Å². The normalized spacial score (nSPS) is 37.7. The Morgan fingerprint density at radius 2 is 1.50 bits per heavy atom. The van der Waals surface area contributed by atoms with Crippen LogP contribution >= 0.6 is 0 Å². The fraction of sp³-hybridized carbons (Fsp3) is 1.00. The molecule has 0 N–H and O–H groups in total. The standard InChI is InChI=1S/C20H42BNO2Si2/c1-14(2)18(22(25(6,7)8)26(9,10)11)21-23-17-13-15-12-16(19(15,3)4)20(17,5)24-21/h14-18H,12-13H2,1-11H3/t15?,16-,17+,18-,20-/m0/s1. The van der Waals surface area contributed by atoms with Gasteiger partial charge in [-0.25, -0.2) is 0 Å². The maximum Gasteiger partial charge on any atom is 0.474 e. The van der Waals surface area contributed by atoms with Crippen LogP contribution in [0.25, 0.3) is 0 Å². The van der Waals surface area contributed by atoms with Crippen molar-refractivity contribution in [3.63, 3.8) is 0 Å². The number of hydrogen-bond donors (Lipinski definition) is 0. The largest absolute Gasteiger partial charge is 0.474 e. The highest BCUT2D eigenvalue weighted by atomic mass is 28.4. The van der Waals surface area contributed by atoms with Crippen molar-refractivity contribution in [1.82, 2.24) is 4.23 Å². The number of nitrogens with zero attached hydrogens (tertiary/aromatic N) is 1. The molecule has 5 atom stereocenters. The summed E-state index contributed by atoms with van der Waals surface area (Å²) in [6.45, 7) is 26.9. The van der Waals surface area contributed by atoms with E-state index in [0.29, 0.717) is 23.2 Å². The van der Waals surface area contributed by atoms with E-state index in [1.54, 1.807) is 0 Å². The van der Waals surface area contributed by atoms with Crippen LogP contribution in [0.15, 0.2) is 0 Å². The van der Waals surface area contributed by atoms with Gasteiger partial charge in [-0.1, -0.05) is 67.0 Å². The molecule has 0 radical (unpaired) electrons. The SMILES string of the molecule is CC(C)[C@@H](B1O[C@@H]2CC3C[C@@H](C3(C)C)[C@]2(C)O1)N([Si](C)(C)C)[Si](C)(C)C. The van der Waals surface area contributed by atoms with E-state index < -0.39 is 16.5 Å². The van der Waals surface area contributed by atoms with Crippen molar-refractivity contribution >= 4 is 23.6 Å². The predicted octanol–water partition coefficient (Wildman–Crippen LogP) is 5.25. The maximum atomic E-state index is 6.91. The second kappa shape index (κ2) is 6.19. The smallest absolute Gasteiger partial charge is 0.404 e. The van der Waals surface area contributed by atoms with Gasteiger partial charge in [0.1, 0.15) is 16.5 Å². The third-order valence-electron chi connectivity index (χ3n) is 7.67. The molecule has 6 heteroatoms. The molecule has 0 aromatic heterocycles. The molecular weight excluding hydrogens is 353 g/mol. The lowest BCUT2D eigenvalue weighted by Crippen LogP contribution is -2.69. The first-order chi connectivity index (χ1) is 11.6. The van der Waals surface area contributed by atoms with Gasteiger partial charge in [0.25, 0.3) is 0 Å². The van der Waals surface area contributed by atoms with Crippen LogP contribution < -0.4 is 0 Å². The van der Waals surface area contributed by atoms with Crippen molar-refractivity contribution < 1.29 is 9.31 Å². The Bertz CT molecular complexity index is 543. The second-order valence-corrected chi connectivity index (χ2v) is 22.4. The van der Waals surface area contributed by atoms with Gasteiger partial charge < -0.3 is 13.5 Å². The Morgan fingerprint density at radius 3 is 1.92 bits per heavy atom. The lowest BCUT2D eigenvalue weighted by molar-refractivity contribution is -0.199. The van der Waals surface area contributed by atoms with Crippen LogP contribution in [-0.2, 0) is 9.31 Å². The van der Waals surface area contributed by atoms with E-state index in [0.717, 1.165) is 5.92 Å². The fourth-order valence-electron chi connectivity index (χ4n) is 6.68. The lowest BCUT2D eigenvalue weighted by Gasteiger charge is -2.64. The van der Waals surface area contributed by atoms with E-state index in [1.165, 1.54) is 12.8 Å². The summed E-state index contributed by atoms with van der Waals surface area (Å²) in [6.07, 6.45) is 2.80. The Balaban J connectivity index is 1.92. The quantitative estimate of drug-likeness (QED) is 0.594. The highest BCUT2D eigenvalue weighted by molar-refractivity contribution is 6.90. The second-order valence-electron chi connectivity index (χ2n) is 12.3. The fourth-order valence-corrected chi connectivity index (χ4v) is 17.4. The van der Waals surface area contributed by atoms with E-state index in [4.69, 9.17) is 9.31 Å². The molecule has 3 aliphatic carbocycles. The van der Waals surface area contributed by atoms with Gasteiger partial charge >= 0.3 is 7.12 Å². The Kier molecular flexibility index (Phi) is 5.02. The zero-order chi connectivity index (χ0) is 19.9. The van der Waals surface area contributed by atoms with Crippen LogP contribution in [-0.4, -0.2) is 45.5 Å². The Hall–Kier alpha value is 0.379. The van der Waals surface area contributed by atoms with Crippen molar-refractivity contribution in [3.05, 3.63) is 0 Å². The third kappa shape index (κ3) is 3.12. The molecule has 26 heavy (non-hydrogen) atoms. The molecule has 4 aliphatic rings. The predicted molar refractivity (Wildman–Crippen MR) is 117 cm³/mol. The number of hydrogen-bond acceptors (Lipinski definition) is 3. The van der Waals surface area contributed by atoms with Crippen LogP contribution in [0, 0.1) is 23.2 Å². The first-order valence-electron chi connectivity index (χ1n) is 10.7. The van der Waals surface area contributed by atoms with Gasteiger partial charge in [-0.2, -0.15) is 0 Å².